The van der Waals surface area contributed by atoms with Gasteiger partial charge in [-0.05, 0) is 183 Å². The van der Waals surface area contributed by atoms with Gasteiger partial charge in [-0.2, -0.15) is 0 Å². The molecule has 0 saturated heterocycles. The predicted octanol–water partition coefficient (Wildman–Crippen LogP) is 23.5. The Morgan fingerprint density at radius 1 is 0.268 bits per heavy atom. The lowest BCUT2D eigenvalue weighted by atomic mass is 9.33. The lowest BCUT2D eigenvalue weighted by molar-refractivity contribution is 0.568. The van der Waals surface area contributed by atoms with E-state index in [1.807, 2.05) is 48.5 Å². The van der Waals surface area contributed by atoms with E-state index in [9.17, 15) is 16.4 Å². The Bertz CT molecular complexity index is 6260. The number of fused-ring (bicyclic) bond motifs is 10. The number of anilines is 6. The minimum Gasteiger partial charge on any atom is -0.311 e. The van der Waals surface area contributed by atoms with E-state index in [0.29, 0.717) is 22.7 Å². The van der Waals surface area contributed by atoms with Crippen molar-refractivity contribution in [3.63, 3.8) is 0 Å². The first-order valence-electron chi connectivity index (χ1n) is 41.6. The molecule has 0 amide bonds. The zero-order valence-corrected chi connectivity index (χ0v) is 57.9. The third-order valence-electron chi connectivity index (χ3n) is 19.9. The second-order valence-electron chi connectivity index (χ2n) is 31.6. The number of rotatable bonds is 7. The van der Waals surface area contributed by atoms with Gasteiger partial charge >= 0.3 is 0 Å². The molecule has 0 spiro atoms. The van der Waals surface area contributed by atoms with Crippen LogP contribution in [0.1, 0.15) is 154 Å². The fraction of sp³-hybridized carbons (Fsp3) is 0.217. The molecule has 0 bridgehead atoms. The van der Waals surface area contributed by atoms with Crippen molar-refractivity contribution in [3.8, 4) is 44.8 Å². The molecule has 0 atom stereocenters. The molecule has 4 heterocycles. The van der Waals surface area contributed by atoms with Gasteiger partial charge in [0.1, 0.15) is 0 Å². The van der Waals surface area contributed by atoms with Crippen molar-refractivity contribution in [2.75, 3.05) is 9.80 Å². The van der Waals surface area contributed by atoms with Crippen molar-refractivity contribution in [1.82, 2.24) is 9.13 Å². The lowest BCUT2D eigenvalue weighted by Gasteiger charge is -2.45. The summed E-state index contributed by atoms with van der Waals surface area (Å²) < 4.78 is 154. The Labute approximate surface area is 597 Å². The zero-order chi connectivity index (χ0) is 81.3. The van der Waals surface area contributed by atoms with Gasteiger partial charge in [0.05, 0.1) is 49.7 Å². The van der Waals surface area contributed by atoms with Crippen LogP contribution in [0.15, 0.2) is 254 Å². The third kappa shape index (κ3) is 10.5. The number of hydrogen-bond donors (Lipinski definition) is 0. The molecule has 0 radical (unpaired) electrons. The van der Waals surface area contributed by atoms with Gasteiger partial charge < -0.3 is 18.9 Å². The number of para-hydroxylation sites is 4. The first-order chi connectivity index (χ1) is 52.9. The molecular formula is C92H87BN4. The maximum Gasteiger partial charge on any atom is 0.252 e. The molecule has 0 N–H and O–H groups in total. The van der Waals surface area contributed by atoms with Crippen LogP contribution in [0.4, 0.5) is 34.1 Å². The third-order valence-corrected chi connectivity index (χ3v) is 19.9. The predicted molar refractivity (Wildman–Crippen MR) is 419 cm³/mol. The first kappa shape index (κ1) is 46.1. The van der Waals surface area contributed by atoms with E-state index >= 15 is 0 Å². The molecule has 0 fully saturated rings. The van der Waals surface area contributed by atoms with Crippen molar-refractivity contribution in [1.29, 1.82) is 0 Å². The molecule has 0 aliphatic carbocycles. The van der Waals surface area contributed by atoms with Crippen molar-refractivity contribution in [3.05, 3.63) is 282 Å². The van der Waals surface area contributed by atoms with E-state index in [1.165, 1.54) is 15.7 Å². The van der Waals surface area contributed by atoms with Crippen molar-refractivity contribution in [2.45, 2.75) is 131 Å². The molecule has 0 unspecified atom stereocenters. The van der Waals surface area contributed by atoms with Crippen molar-refractivity contribution < 1.29 is 21.9 Å². The van der Waals surface area contributed by atoms with Gasteiger partial charge in [-0.3, -0.25) is 0 Å². The summed E-state index contributed by atoms with van der Waals surface area (Å²) in [6.45, 7) is 32.5. The summed E-state index contributed by atoms with van der Waals surface area (Å²) in [4.78, 5) is 4.34. The van der Waals surface area contributed by atoms with Crippen molar-refractivity contribution in [2.24, 2.45) is 0 Å². The van der Waals surface area contributed by atoms with E-state index in [2.05, 4.69) is 223 Å². The maximum absolute atomic E-state index is 9.99. The standard InChI is InChI=1S/C92H87BN4/c1-88(2,3)64-40-35-58(36-41-64)60-25-24-26-70(51-60)96-84-55-71(95-79-31-20-16-27-73(79)74-28-17-21-32-80(74)95)44-46-78(84)93-77-45-39-61(63-49-67(91(10,11)12)54-68(50-63)92(13,14)15)52-83(77)94(69-42-37-59(38-43-69)62-47-65(89(4,5)6)53-66(48-62)90(7,8)9)85-56-72(57-86(96)87(85)93)97-81-33-22-18-29-75(81)76-30-19-23-34-82(76)97/h16-57H,1-15H3/i16D,17D,18D,19D,20D,21D,22D,23D,27D,28D,29D,30D,31D,32D,33D,34D. The van der Waals surface area contributed by atoms with Crippen LogP contribution in [-0.4, -0.2) is 15.8 Å². The van der Waals surface area contributed by atoms with E-state index in [4.69, 9.17) is 5.48 Å². The summed E-state index contributed by atoms with van der Waals surface area (Å²) in [6.07, 6.45) is 0. The number of aromatic nitrogens is 2. The molecule has 2 aromatic heterocycles. The lowest BCUT2D eigenvalue weighted by Crippen LogP contribution is -2.61. The highest BCUT2D eigenvalue weighted by molar-refractivity contribution is 7.00. The van der Waals surface area contributed by atoms with Gasteiger partial charge in [-0.1, -0.05) is 279 Å². The number of benzene rings is 12. The molecule has 2 aliphatic heterocycles. The Hall–Kier alpha value is -10.1. The van der Waals surface area contributed by atoms with Gasteiger partial charge in [0.15, 0.2) is 0 Å². The highest BCUT2D eigenvalue weighted by Gasteiger charge is 2.45. The van der Waals surface area contributed by atoms with Gasteiger partial charge in [0, 0.05) is 61.4 Å². The smallest absolute Gasteiger partial charge is 0.252 e. The van der Waals surface area contributed by atoms with Crippen LogP contribution in [0, 0.1) is 0 Å². The fourth-order valence-electron chi connectivity index (χ4n) is 14.4. The Kier molecular flexibility index (Phi) is 10.6. The van der Waals surface area contributed by atoms with Crippen LogP contribution in [0.5, 0.6) is 0 Å². The van der Waals surface area contributed by atoms with Crippen LogP contribution in [-0.2, 0) is 27.1 Å². The molecule has 4 nitrogen and oxygen atoms in total. The molecule has 97 heavy (non-hydrogen) atoms. The molecule has 2 aliphatic rings. The molecular weight excluding hydrogens is 1170 g/mol. The molecule has 16 rings (SSSR count). The summed E-state index contributed by atoms with van der Waals surface area (Å²) in [6, 6.07) is 46.6. The van der Waals surface area contributed by atoms with E-state index in [-0.39, 0.29) is 82.1 Å². The molecule has 478 valence electrons. The van der Waals surface area contributed by atoms with Gasteiger partial charge in [0.2, 0.25) is 0 Å². The average Bonchev–Trinajstić information content (AvgIpc) is 1.63. The van der Waals surface area contributed by atoms with E-state index in [0.717, 1.165) is 77.8 Å². The van der Waals surface area contributed by atoms with Gasteiger partial charge in [-0.25, -0.2) is 0 Å². The highest BCUT2D eigenvalue weighted by atomic mass is 15.2. The molecule has 0 saturated carbocycles. The summed E-state index contributed by atoms with van der Waals surface area (Å²) in [7, 11) is 0. The highest BCUT2D eigenvalue weighted by Crippen LogP contribution is 2.50. The van der Waals surface area contributed by atoms with E-state index < -0.39 is 103 Å². The number of hydrogen-bond acceptors (Lipinski definition) is 2. The Morgan fingerprint density at radius 3 is 1.08 bits per heavy atom. The quantitative estimate of drug-likeness (QED) is 0.148. The van der Waals surface area contributed by atoms with Crippen molar-refractivity contribution >= 4 is 101 Å². The maximum atomic E-state index is 9.99. The second-order valence-corrected chi connectivity index (χ2v) is 31.6. The van der Waals surface area contributed by atoms with Crippen LogP contribution < -0.4 is 26.2 Å². The Balaban J connectivity index is 1.09. The SMILES string of the molecule is [2H]c1c([2H])c([2H])c2c(c1[2H])c1c([2H])c([2H])c([2H])c([2H])c1n2-c1ccc2c(c1)N(c1cccc(-c3ccc(C(C)(C)C)cc3)c1)c1cc(-n3c4c([2H])c([2H])c([2H])c([2H])c4c4c([2H])c([2H])c([2H])c([2H])c43)cc3c1B2c1ccc(-c2cc(C(C)(C)C)cc(C(C)(C)C)c2)cc1N3c1ccc(-c2cc(C(C)(C)C)cc(C(C)(C)C)c2)cc1. The van der Waals surface area contributed by atoms with Crippen LogP contribution in [0.3, 0.4) is 0 Å². The summed E-state index contributed by atoms with van der Waals surface area (Å²) >= 11 is 0. The molecule has 5 heteroatoms. The summed E-state index contributed by atoms with van der Waals surface area (Å²) in [5, 5.41) is -0.358. The van der Waals surface area contributed by atoms with Crippen LogP contribution in [0.2, 0.25) is 0 Å². The topological polar surface area (TPSA) is 16.3 Å². The zero-order valence-electron chi connectivity index (χ0n) is 73.9. The molecule has 14 aromatic rings. The Morgan fingerprint density at radius 2 is 0.619 bits per heavy atom. The van der Waals surface area contributed by atoms with Gasteiger partial charge in [-0.15, -0.1) is 0 Å². The second kappa shape index (κ2) is 22.2. The van der Waals surface area contributed by atoms with E-state index in [1.54, 1.807) is 4.57 Å². The monoisotopic (exact) mass is 1270 g/mol. The first-order valence-corrected chi connectivity index (χ1v) is 33.6. The summed E-state index contributed by atoms with van der Waals surface area (Å²) in [5.41, 5.74) is 16.9. The average molecular weight is 1280 g/mol. The molecule has 12 aromatic carbocycles. The summed E-state index contributed by atoms with van der Waals surface area (Å²) in [5.74, 6) is 0. The fourth-order valence-corrected chi connectivity index (χ4v) is 14.4. The van der Waals surface area contributed by atoms with Crippen LogP contribution >= 0.6 is 0 Å². The number of nitrogens with zero attached hydrogens (tertiary/aromatic N) is 4. The largest absolute Gasteiger partial charge is 0.311 e. The normalized spacial score (nSPS) is 15.8. The minimum atomic E-state index is -0.690. The minimum absolute atomic E-state index is 0.0645. The van der Waals surface area contributed by atoms with Gasteiger partial charge in [0.25, 0.3) is 6.71 Å². The van der Waals surface area contributed by atoms with Crippen LogP contribution in [0.25, 0.3) is 88.4 Å².